The number of sulfonamides is 1. The topological polar surface area (TPSA) is 78.7 Å². The Bertz CT molecular complexity index is 677. The van der Waals surface area contributed by atoms with Crippen LogP contribution in [0.1, 0.15) is 30.7 Å². The number of piperidine rings is 1. The molecule has 1 atom stereocenters. The van der Waals surface area contributed by atoms with Crippen LogP contribution in [0.3, 0.4) is 0 Å². The third kappa shape index (κ3) is 3.05. The van der Waals surface area contributed by atoms with Gasteiger partial charge in [0.2, 0.25) is 10.0 Å². The first-order valence-electron chi connectivity index (χ1n) is 8.23. The van der Waals surface area contributed by atoms with Crippen LogP contribution in [-0.4, -0.2) is 70.8 Å². The lowest BCUT2D eigenvalue weighted by Crippen LogP contribution is -2.46. The Morgan fingerprint density at radius 2 is 1.78 bits per heavy atom. The third-order valence-electron chi connectivity index (χ3n) is 5.18. The van der Waals surface area contributed by atoms with Crippen LogP contribution in [0.4, 0.5) is 0 Å². The number of aliphatic hydroxyl groups excluding tert-OH is 1. The summed E-state index contributed by atoms with van der Waals surface area (Å²) in [5.41, 5.74) is 1.25. The van der Waals surface area contributed by atoms with Crippen LogP contribution in [0.15, 0.2) is 4.90 Å². The standard InChI is InChI=1S/C15H26N4O3S/c1-11-15(12(2)17(3)16-11)23(21,22)19-8-4-13(5-9-19)18-7-6-14(20)10-18/h13-14,20H,4-10H2,1-3H3. The van der Waals surface area contributed by atoms with Gasteiger partial charge >= 0.3 is 0 Å². The number of aromatic nitrogens is 2. The Labute approximate surface area is 137 Å². The van der Waals surface area contributed by atoms with Gasteiger partial charge in [-0.15, -0.1) is 0 Å². The summed E-state index contributed by atoms with van der Waals surface area (Å²) in [5.74, 6) is 0. The fourth-order valence-corrected chi connectivity index (χ4v) is 5.67. The van der Waals surface area contributed by atoms with Gasteiger partial charge in [-0.25, -0.2) is 8.42 Å². The zero-order valence-corrected chi connectivity index (χ0v) is 14.9. The van der Waals surface area contributed by atoms with Gasteiger partial charge in [0, 0.05) is 39.3 Å². The van der Waals surface area contributed by atoms with E-state index in [1.54, 1.807) is 29.9 Å². The normalized spacial score (nSPS) is 25.3. The average Bonchev–Trinajstić information content (AvgIpc) is 3.03. The minimum absolute atomic E-state index is 0.225. The monoisotopic (exact) mass is 342 g/mol. The molecule has 2 fully saturated rings. The van der Waals surface area contributed by atoms with E-state index < -0.39 is 10.0 Å². The first kappa shape index (κ1) is 16.9. The lowest BCUT2D eigenvalue weighted by molar-refractivity contribution is 0.132. The molecule has 0 amide bonds. The largest absolute Gasteiger partial charge is 0.392 e. The Kier molecular flexibility index (Phi) is 4.52. The third-order valence-corrected chi connectivity index (χ3v) is 7.33. The molecule has 3 rings (SSSR count). The number of β-amino-alcohol motifs (C(OH)–C–C–N with tert-alkyl or cyclic N) is 1. The van der Waals surface area contributed by atoms with Crippen molar-refractivity contribution < 1.29 is 13.5 Å². The SMILES string of the molecule is Cc1nn(C)c(C)c1S(=O)(=O)N1CCC(N2CCC(O)C2)CC1. The molecule has 0 radical (unpaired) electrons. The second kappa shape index (κ2) is 6.16. The molecular formula is C15H26N4O3S. The maximum absolute atomic E-state index is 12.9. The first-order chi connectivity index (χ1) is 10.8. The van der Waals surface area contributed by atoms with Crippen molar-refractivity contribution in [3.63, 3.8) is 0 Å². The number of aliphatic hydroxyl groups is 1. The van der Waals surface area contributed by atoms with Gasteiger partial charge in [0.1, 0.15) is 4.90 Å². The van der Waals surface area contributed by atoms with E-state index in [1.165, 1.54) is 0 Å². The molecule has 130 valence electrons. The average molecular weight is 342 g/mol. The van der Waals surface area contributed by atoms with E-state index in [1.807, 2.05) is 0 Å². The maximum Gasteiger partial charge on any atom is 0.246 e. The second-order valence-corrected chi connectivity index (χ2v) is 8.57. The molecule has 23 heavy (non-hydrogen) atoms. The van der Waals surface area contributed by atoms with Crippen LogP contribution in [-0.2, 0) is 17.1 Å². The van der Waals surface area contributed by atoms with Crippen molar-refractivity contribution in [1.82, 2.24) is 19.0 Å². The van der Waals surface area contributed by atoms with Crippen molar-refractivity contribution >= 4 is 10.0 Å². The summed E-state index contributed by atoms with van der Waals surface area (Å²) >= 11 is 0. The molecular weight excluding hydrogens is 316 g/mol. The fourth-order valence-electron chi connectivity index (χ4n) is 3.80. The molecule has 1 aromatic heterocycles. The molecule has 2 aliphatic rings. The summed E-state index contributed by atoms with van der Waals surface area (Å²) < 4.78 is 29.1. The van der Waals surface area contributed by atoms with Crippen molar-refractivity contribution in [3.8, 4) is 0 Å². The summed E-state index contributed by atoms with van der Waals surface area (Å²) in [5, 5.41) is 13.9. The molecule has 1 unspecified atom stereocenters. The molecule has 0 saturated carbocycles. The van der Waals surface area contributed by atoms with Gasteiger partial charge in [-0.2, -0.15) is 9.40 Å². The highest BCUT2D eigenvalue weighted by molar-refractivity contribution is 7.89. The number of nitrogens with zero attached hydrogens (tertiary/aromatic N) is 4. The van der Waals surface area contributed by atoms with E-state index >= 15 is 0 Å². The van der Waals surface area contributed by atoms with E-state index in [0.29, 0.717) is 35.4 Å². The van der Waals surface area contributed by atoms with E-state index in [-0.39, 0.29) is 6.10 Å². The molecule has 2 saturated heterocycles. The van der Waals surface area contributed by atoms with Crippen molar-refractivity contribution in [2.45, 2.75) is 50.2 Å². The highest BCUT2D eigenvalue weighted by Crippen LogP contribution is 2.28. The Morgan fingerprint density at radius 1 is 1.13 bits per heavy atom. The predicted octanol–water partition coefficient (Wildman–Crippen LogP) is 0.257. The number of hydrogen-bond acceptors (Lipinski definition) is 5. The van der Waals surface area contributed by atoms with Crippen molar-refractivity contribution in [3.05, 3.63) is 11.4 Å². The molecule has 3 heterocycles. The van der Waals surface area contributed by atoms with E-state index in [9.17, 15) is 13.5 Å². The summed E-state index contributed by atoms with van der Waals surface area (Å²) in [7, 11) is -1.71. The lowest BCUT2D eigenvalue weighted by Gasteiger charge is -2.36. The van der Waals surface area contributed by atoms with Gasteiger partial charge < -0.3 is 5.11 Å². The molecule has 0 aliphatic carbocycles. The van der Waals surface area contributed by atoms with Gasteiger partial charge in [-0.1, -0.05) is 0 Å². The van der Waals surface area contributed by atoms with Crippen LogP contribution in [0.25, 0.3) is 0 Å². The van der Waals surface area contributed by atoms with Crippen LogP contribution in [0.2, 0.25) is 0 Å². The number of likely N-dealkylation sites (tertiary alicyclic amines) is 1. The molecule has 0 spiro atoms. The maximum atomic E-state index is 12.9. The summed E-state index contributed by atoms with van der Waals surface area (Å²) in [4.78, 5) is 2.66. The van der Waals surface area contributed by atoms with Crippen molar-refractivity contribution in [2.75, 3.05) is 26.2 Å². The number of rotatable bonds is 3. The summed E-state index contributed by atoms with van der Waals surface area (Å²) in [6.45, 7) is 6.25. The van der Waals surface area contributed by atoms with Crippen molar-refractivity contribution in [1.29, 1.82) is 0 Å². The molecule has 1 aromatic rings. The van der Waals surface area contributed by atoms with Crippen LogP contribution in [0.5, 0.6) is 0 Å². The van der Waals surface area contributed by atoms with Crippen LogP contribution >= 0.6 is 0 Å². The highest BCUT2D eigenvalue weighted by atomic mass is 32.2. The Morgan fingerprint density at radius 3 is 2.26 bits per heavy atom. The Balaban J connectivity index is 1.71. The zero-order chi connectivity index (χ0) is 16.8. The van der Waals surface area contributed by atoms with Gasteiger partial charge in [0.15, 0.2) is 0 Å². The van der Waals surface area contributed by atoms with E-state index in [2.05, 4.69) is 10.00 Å². The number of aryl methyl sites for hydroxylation is 2. The molecule has 8 heteroatoms. The smallest absolute Gasteiger partial charge is 0.246 e. The molecule has 2 aliphatic heterocycles. The highest BCUT2D eigenvalue weighted by Gasteiger charge is 2.36. The minimum Gasteiger partial charge on any atom is -0.392 e. The minimum atomic E-state index is -3.48. The second-order valence-electron chi connectivity index (χ2n) is 6.70. The van der Waals surface area contributed by atoms with Gasteiger partial charge in [-0.05, 0) is 33.1 Å². The summed E-state index contributed by atoms with van der Waals surface area (Å²) in [6, 6.07) is 0.384. The van der Waals surface area contributed by atoms with Crippen LogP contribution in [0, 0.1) is 13.8 Å². The van der Waals surface area contributed by atoms with E-state index in [0.717, 1.165) is 32.4 Å². The van der Waals surface area contributed by atoms with Crippen LogP contribution < -0.4 is 0 Å². The van der Waals surface area contributed by atoms with E-state index in [4.69, 9.17) is 0 Å². The van der Waals surface area contributed by atoms with Gasteiger partial charge in [-0.3, -0.25) is 9.58 Å². The first-order valence-corrected chi connectivity index (χ1v) is 9.67. The lowest BCUT2D eigenvalue weighted by atomic mass is 10.1. The molecule has 1 N–H and O–H groups in total. The fraction of sp³-hybridized carbons (Fsp3) is 0.800. The zero-order valence-electron chi connectivity index (χ0n) is 14.1. The van der Waals surface area contributed by atoms with Gasteiger partial charge in [0.05, 0.1) is 17.5 Å². The quantitative estimate of drug-likeness (QED) is 0.852. The summed E-state index contributed by atoms with van der Waals surface area (Å²) in [6.07, 6.45) is 2.25. The molecule has 7 nitrogen and oxygen atoms in total. The molecule has 0 aromatic carbocycles. The number of hydrogen-bond donors (Lipinski definition) is 1. The van der Waals surface area contributed by atoms with Gasteiger partial charge in [0.25, 0.3) is 0 Å². The predicted molar refractivity (Wildman–Crippen MR) is 86.7 cm³/mol. The van der Waals surface area contributed by atoms with Crippen molar-refractivity contribution in [2.24, 2.45) is 7.05 Å². The Hall–Kier alpha value is -0.960. The molecule has 0 bridgehead atoms.